The monoisotopic (exact) mass is 621 g/mol. The van der Waals surface area contributed by atoms with Gasteiger partial charge in [-0.2, -0.15) is 8.42 Å². The molecule has 3 aromatic rings. The Morgan fingerprint density at radius 3 is 2.57 bits per heavy atom. The van der Waals surface area contributed by atoms with Gasteiger partial charge < -0.3 is 24.3 Å². The van der Waals surface area contributed by atoms with Gasteiger partial charge in [0.2, 0.25) is 0 Å². The molecule has 3 N–H and O–H groups in total. The second kappa shape index (κ2) is 11.4. The minimum atomic E-state index is -3.97. The van der Waals surface area contributed by atoms with Crippen molar-refractivity contribution in [3.05, 3.63) is 53.1 Å². The van der Waals surface area contributed by atoms with E-state index in [-0.39, 0.29) is 29.8 Å². The lowest BCUT2D eigenvalue weighted by Gasteiger charge is -2.29. The molecule has 3 aliphatic heterocycles. The molecule has 44 heavy (non-hydrogen) atoms. The van der Waals surface area contributed by atoms with E-state index < -0.39 is 16.1 Å². The maximum atomic E-state index is 13.6. The average molecular weight is 622 g/mol. The van der Waals surface area contributed by atoms with Gasteiger partial charge in [0.15, 0.2) is 0 Å². The molecule has 1 aromatic heterocycles. The highest BCUT2D eigenvalue weighted by Crippen LogP contribution is 2.46. The van der Waals surface area contributed by atoms with Crippen molar-refractivity contribution < 1.29 is 27.5 Å². The highest BCUT2D eigenvalue weighted by molar-refractivity contribution is 7.88. The zero-order valence-electron chi connectivity index (χ0n) is 25.1. The first kappa shape index (κ1) is 29.1. The molecule has 11 nitrogen and oxygen atoms in total. The van der Waals surface area contributed by atoms with Gasteiger partial charge in [-0.3, -0.25) is 4.79 Å². The van der Waals surface area contributed by atoms with Crippen molar-refractivity contribution >= 4 is 33.1 Å². The van der Waals surface area contributed by atoms with Gasteiger partial charge in [0, 0.05) is 42.2 Å². The number of hydrogen-bond acceptors (Lipinski definition) is 6. The van der Waals surface area contributed by atoms with Crippen LogP contribution in [0.5, 0.6) is 5.75 Å². The Morgan fingerprint density at radius 1 is 1.05 bits per heavy atom. The third kappa shape index (κ3) is 5.22. The quantitative estimate of drug-likeness (QED) is 0.385. The predicted molar refractivity (Wildman–Crippen MR) is 166 cm³/mol. The highest BCUT2D eigenvalue weighted by Gasteiger charge is 2.42. The summed E-state index contributed by atoms with van der Waals surface area (Å²) < 4.78 is 42.0. The molecule has 0 spiro atoms. The minimum Gasteiger partial charge on any atom is -0.497 e. The maximum Gasteiger partial charge on any atom is 0.318 e. The van der Waals surface area contributed by atoms with E-state index in [9.17, 15) is 18.0 Å². The van der Waals surface area contributed by atoms with Crippen molar-refractivity contribution in [2.45, 2.75) is 75.6 Å². The van der Waals surface area contributed by atoms with E-state index in [0.29, 0.717) is 32.0 Å². The number of morpholine rings is 1. The van der Waals surface area contributed by atoms with Gasteiger partial charge in [-0.15, -0.1) is 0 Å². The van der Waals surface area contributed by atoms with Gasteiger partial charge in [0.25, 0.3) is 5.91 Å². The van der Waals surface area contributed by atoms with Crippen molar-refractivity contribution in [2.75, 3.05) is 27.3 Å². The van der Waals surface area contributed by atoms with Crippen molar-refractivity contribution in [1.29, 1.82) is 0 Å². The number of nitrogens with one attached hydrogen (secondary N) is 3. The van der Waals surface area contributed by atoms with Gasteiger partial charge in [-0.25, -0.2) is 14.2 Å². The fourth-order valence-electron chi connectivity index (χ4n) is 7.68. The molecular weight excluding hydrogens is 582 g/mol. The molecule has 3 fully saturated rings. The van der Waals surface area contributed by atoms with E-state index in [2.05, 4.69) is 31.5 Å². The summed E-state index contributed by atoms with van der Waals surface area (Å²) in [5.41, 5.74) is 5.66. The van der Waals surface area contributed by atoms with Crippen LogP contribution in [0.1, 0.15) is 65.9 Å². The standard InChI is InChI=1S/C32H39N5O6S/c1-33-44(40,41)35-31(38)20-8-10-27-28(14-20)37-16-22(34-32(39)36-17-25-15-23(36)18-43-25)12-21-13-24(42-2)9-11-26(21)30(37)29(27)19-6-4-3-5-7-19/h8-11,13-14,19,22-23,25,33H,3-7,12,15-18H2,1-2H3,(H,34,39)(H,35,38)/t22?,23-,25-/m0/s1. The zero-order chi connectivity index (χ0) is 30.6. The summed E-state index contributed by atoms with van der Waals surface area (Å²) in [6.07, 6.45) is 7.32. The van der Waals surface area contributed by atoms with Crippen molar-refractivity contribution in [3.8, 4) is 17.0 Å². The molecule has 234 valence electrons. The summed E-state index contributed by atoms with van der Waals surface area (Å²) in [6.45, 7) is 1.68. The Morgan fingerprint density at radius 2 is 1.86 bits per heavy atom. The number of carbonyl (C=O) groups is 2. The van der Waals surface area contributed by atoms with Gasteiger partial charge >= 0.3 is 16.2 Å². The van der Waals surface area contributed by atoms with E-state index in [4.69, 9.17) is 9.47 Å². The number of rotatable bonds is 6. The van der Waals surface area contributed by atoms with Crippen LogP contribution in [0.15, 0.2) is 36.4 Å². The van der Waals surface area contributed by atoms with Crippen molar-refractivity contribution in [3.63, 3.8) is 0 Å². The second-order valence-electron chi connectivity index (χ2n) is 12.4. The first-order valence-corrected chi connectivity index (χ1v) is 17.0. The topological polar surface area (TPSA) is 131 Å². The fraction of sp³-hybridized carbons (Fsp3) is 0.500. The molecule has 3 amide bonds. The van der Waals surface area contributed by atoms with Gasteiger partial charge in [-0.1, -0.05) is 25.3 Å². The summed E-state index contributed by atoms with van der Waals surface area (Å²) in [6, 6.07) is 11.4. The molecule has 2 bridgehead atoms. The van der Waals surface area contributed by atoms with Crippen molar-refractivity contribution in [1.82, 2.24) is 24.2 Å². The Labute approximate surface area is 257 Å². The molecule has 4 heterocycles. The molecule has 2 saturated heterocycles. The van der Waals surface area contributed by atoms with Crippen LogP contribution in [0.4, 0.5) is 4.79 Å². The van der Waals surface area contributed by atoms with E-state index in [1.807, 2.05) is 17.0 Å². The summed E-state index contributed by atoms with van der Waals surface area (Å²) in [5.74, 6) is 0.412. The number of methoxy groups -OCH3 is 1. The van der Waals surface area contributed by atoms with Crippen LogP contribution < -0.4 is 19.5 Å². The van der Waals surface area contributed by atoms with E-state index >= 15 is 0 Å². The SMILES string of the molecule is CNS(=O)(=O)NC(=O)c1ccc2c(C3CCCCC3)c3n(c2c1)CC(NC(=O)N1C[C@@H]2C[C@H]1CO2)Cc1cc(OC)ccc1-3. The molecule has 7 rings (SSSR count). The van der Waals surface area contributed by atoms with Crippen molar-refractivity contribution in [2.24, 2.45) is 0 Å². The summed E-state index contributed by atoms with van der Waals surface area (Å²) in [7, 11) is -1.05. The smallest absolute Gasteiger partial charge is 0.318 e. The number of aromatic nitrogens is 1. The van der Waals surface area contributed by atoms with Gasteiger partial charge in [0.05, 0.1) is 37.6 Å². The molecule has 2 aromatic carbocycles. The van der Waals surface area contributed by atoms with Crippen LogP contribution in [0.25, 0.3) is 22.2 Å². The summed E-state index contributed by atoms with van der Waals surface area (Å²) in [5, 5.41) is 4.40. The molecule has 4 aliphatic rings. The summed E-state index contributed by atoms with van der Waals surface area (Å²) in [4.78, 5) is 28.6. The van der Waals surface area contributed by atoms with Crippen LogP contribution in [0, 0.1) is 0 Å². The van der Waals surface area contributed by atoms with E-state index in [0.717, 1.165) is 65.6 Å². The summed E-state index contributed by atoms with van der Waals surface area (Å²) >= 11 is 0. The zero-order valence-corrected chi connectivity index (χ0v) is 25.9. The predicted octanol–water partition coefficient (Wildman–Crippen LogP) is 3.67. The van der Waals surface area contributed by atoms with E-state index in [1.54, 1.807) is 19.2 Å². The number of urea groups is 1. The van der Waals surface area contributed by atoms with Crippen LogP contribution >= 0.6 is 0 Å². The first-order chi connectivity index (χ1) is 21.2. The number of hydrogen-bond donors (Lipinski definition) is 3. The molecule has 3 atom stereocenters. The number of ether oxygens (including phenoxy) is 2. The highest BCUT2D eigenvalue weighted by atomic mass is 32.2. The molecule has 1 unspecified atom stereocenters. The van der Waals surface area contributed by atoms with E-state index in [1.165, 1.54) is 19.0 Å². The molecule has 1 saturated carbocycles. The Balaban J connectivity index is 1.36. The lowest BCUT2D eigenvalue weighted by Crippen LogP contribution is -2.51. The second-order valence-corrected chi connectivity index (χ2v) is 14.1. The third-order valence-electron chi connectivity index (χ3n) is 9.80. The minimum absolute atomic E-state index is 0.0833. The Hall–Kier alpha value is -3.61. The molecular formula is C32H39N5O6S. The fourth-order valence-corrected chi connectivity index (χ4v) is 8.15. The largest absolute Gasteiger partial charge is 0.497 e. The van der Waals surface area contributed by atoms with Crippen LogP contribution in [-0.4, -0.2) is 75.3 Å². The number of likely N-dealkylation sites (tertiary alicyclic amines) is 1. The van der Waals surface area contributed by atoms with Crippen LogP contribution in [0.2, 0.25) is 0 Å². The Kier molecular flexibility index (Phi) is 7.54. The van der Waals surface area contributed by atoms with Gasteiger partial charge in [-0.05, 0) is 73.1 Å². The van der Waals surface area contributed by atoms with Crippen LogP contribution in [0.3, 0.4) is 0 Å². The molecule has 0 radical (unpaired) electrons. The number of benzene rings is 2. The Bertz CT molecular complexity index is 1730. The van der Waals surface area contributed by atoms with Gasteiger partial charge in [0.1, 0.15) is 5.75 Å². The lowest BCUT2D eigenvalue weighted by molar-refractivity contribution is 0.0439. The average Bonchev–Trinajstić information content (AvgIpc) is 3.72. The number of nitrogens with zero attached hydrogens (tertiary/aromatic N) is 2. The lowest BCUT2D eigenvalue weighted by atomic mass is 9.81. The molecule has 1 aliphatic carbocycles. The number of amides is 3. The van der Waals surface area contributed by atoms with Crippen LogP contribution in [-0.2, 0) is 27.9 Å². The number of carbonyl (C=O) groups excluding carboxylic acids is 2. The normalized spacial score (nSPS) is 23.2. The first-order valence-electron chi connectivity index (χ1n) is 15.5. The molecule has 12 heteroatoms. The number of fused-ring (bicyclic) bond motifs is 7. The maximum absolute atomic E-state index is 13.6. The third-order valence-corrected chi connectivity index (χ3v) is 10.8.